The molecular weight excluding hydrogens is 392 g/mol. The molecule has 2 nitrogen and oxygen atoms in total. The molecule has 0 aliphatic heterocycles. The van der Waals surface area contributed by atoms with Crippen molar-refractivity contribution in [2.24, 2.45) is 0 Å². The molecule has 29 heavy (non-hydrogen) atoms. The molecule has 0 heterocycles. The van der Waals surface area contributed by atoms with Crippen molar-refractivity contribution in [2.45, 2.75) is 13.8 Å². The third-order valence-electron chi connectivity index (χ3n) is 3.09. The molecule has 0 saturated carbocycles. The van der Waals surface area contributed by atoms with Crippen molar-refractivity contribution >= 4 is 0 Å². The smallest absolute Gasteiger partial charge is 0.551 e. The van der Waals surface area contributed by atoms with Crippen LogP contribution < -0.4 is 9.47 Å². The Morgan fingerprint density at radius 1 is 0.655 bits per heavy atom. The third-order valence-corrected chi connectivity index (χ3v) is 3.09. The molecule has 0 bridgehead atoms. The van der Waals surface area contributed by atoms with Gasteiger partial charge in [-0.1, -0.05) is 0 Å². The van der Waals surface area contributed by atoms with E-state index in [0.717, 1.165) is 24.7 Å². The molecule has 0 aliphatic carbocycles. The summed E-state index contributed by atoms with van der Waals surface area (Å²) in [7, 11) is 0. The van der Waals surface area contributed by atoms with Gasteiger partial charge in [-0.2, -0.15) is 72.8 Å². The van der Waals surface area contributed by atoms with Crippen molar-refractivity contribution < 1.29 is 31.2 Å². The Morgan fingerprint density at radius 3 is 1.24 bits per heavy atom. The van der Waals surface area contributed by atoms with Crippen molar-refractivity contribution in [1.82, 2.24) is 0 Å². The van der Waals surface area contributed by atoms with E-state index >= 15 is 0 Å². The standard InChI is InChI=1S/2C8H9O.2C5H5.Ti/c2*1-2-9-8-6-4-3-5-7-8;2*1-2-4-5-3-1;/h2*3-4,6-7H,2H2,1H3;2*1-5H;/q4*-1;+4. The summed E-state index contributed by atoms with van der Waals surface area (Å²) >= 11 is 0. The number of hydrogen-bond acceptors (Lipinski definition) is 2. The second-order valence-electron chi connectivity index (χ2n) is 5.27. The molecule has 4 rings (SSSR count). The van der Waals surface area contributed by atoms with E-state index in [0.29, 0.717) is 0 Å². The van der Waals surface area contributed by atoms with Crippen molar-refractivity contribution in [1.29, 1.82) is 0 Å². The van der Waals surface area contributed by atoms with Crippen LogP contribution >= 0.6 is 0 Å². The summed E-state index contributed by atoms with van der Waals surface area (Å²) in [5.41, 5.74) is 0. The van der Waals surface area contributed by atoms with E-state index in [4.69, 9.17) is 9.47 Å². The van der Waals surface area contributed by atoms with Gasteiger partial charge in [-0.05, 0) is 13.8 Å². The van der Waals surface area contributed by atoms with Crippen molar-refractivity contribution in [3.8, 4) is 11.5 Å². The second-order valence-corrected chi connectivity index (χ2v) is 5.27. The molecule has 0 unspecified atom stereocenters. The Morgan fingerprint density at radius 2 is 1.03 bits per heavy atom. The average molecular weight is 420 g/mol. The molecule has 4 aromatic carbocycles. The Kier molecular flexibility index (Phi) is 18.4. The Hall–Kier alpha value is -2.55. The van der Waals surface area contributed by atoms with Crippen molar-refractivity contribution in [3.05, 3.63) is 121 Å². The first kappa shape index (κ1) is 26.5. The summed E-state index contributed by atoms with van der Waals surface area (Å²) in [6, 6.07) is 40.8. The second kappa shape index (κ2) is 20.2. The fourth-order valence-corrected chi connectivity index (χ4v) is 1.91. The van der Waals surface area contributed by atoms with Gasteiger partial charge in [-0.15, -0.1) is 24.3 Å². The minimum Gasteiger partial charge on any atom is -0.551 e. The van der Waals surface area contributed by atoms with Crippen molar-refractivity contribution in [2.75, 3.05) is 13.2 Å². The van der Waals surface area contributed by atoms with Crippen LogP contribution in [0.3, 0.4) is 0 Å². The number of ether oxygens (including phenoxy) is 2. The van der Waals surface area contributed by atoms with E-state index in [1.807, 2.05) is 123 Å². The van der Waals surface area contributed by atoms with Gasteiger partial charge < -0.3 is 9.47 Å². The maximum absolute atomic E-state index is 5.17. The minimum atomic E-state index is 0. The molecule has 4 aromatic rings. The summed E-state index contributed by atoms with van der Waals surface area (Å²) in [5.74, 6) is 1.78. The zero-order valence-corrected chi connectivity index (χ0v) is 18.7. The normalized spacial score (nSPS) is 8.34. The molecule has 0 radical (unpaired) electrons. The zero-order chi connectivity index (χ0) is 20.1. The molecule has 3 heteroatoms. The zero-order valence-electron chi connectivity index (χ0n) is 17.1. The van der Waals surface area contributed by atoms with Gasteiger partial charge in [0.25, 0.3) is 0 Å². The fourth-order valence-electron chi connectivity index (χ4n) is 1.91. The molecule has 0 aliphatic rings. The summed E-state index contributed by atoms with van der Waals surface area (Å²) in [5, 5.41) is 0. The summed E-state index contributed by atoms with van der Waals surface area (Å²) < 4.78 is 10.3. The van der Waals surface area contributed by atoms with Gasteiger partial charge in [0.2, 0.25) is 0 Å². The van der Waals surface area contributed by atoms with Crippen LogP contribution in [0.1, 0.15) is 13.8 Å². The fraction of sp³-hybridized carbons (Fsp3) is 0.154. The van der Waals surface area contributed by atoms with E-state index in [1.165, 1.54) is 0 Å². The monoisotopic (exact) mass is 420 g/mol. The number of hydrogen-bond donors (Lipinski definition) is 0. The van der Waals surface area contributed by atoms with Gasteiger partial charge in [0, 0.05) is 11.5 Å². The first-order valence-corrected chi connectivity index (χ1v) is 9.38. The van der Waals surface area contributed by atoms with Gasteiger partial charge in [-0.3, -0.25) is 0 Å². The van der Waals surface area contributed by atoms with Gasteiger partial charge >= 0.3 is 21.7 Å². The van der Waals surface area contributed by atoms with Crippen LogP contribution in [-0.4, -0.2) is 13.2 Å². The molecule has 0 fully saturated rings. The van der Waals surface area contributed by atoms with Crippen LogP contribution in [0.4, 0.5) is 0 Å². The molecular formula is C26H28O2Ti. The topological polar surface area (TPSA) is 18.5 Å². The van der Waals surface area contributed by atoms with Crippen LogP contribution in [0.15, 0.2) is 109 Å². The van der Waals surface area contributed by atoms with Gasteiger partial charge in [0.05, 0.1) is 13.2 Å². The van der Waals surface area contributed by atoms with Crippen LogP contribution in [0.25, 0.3) is 0 Å². The molecule has 0 N–H and O–H groups in total. The van der Waals surface area contributed by atoms with Gasteiger partial charge in [0.1, 0.15) is 0 Å². The summed E-state index contributed by atoms with van der Waals surface area (Å²) in [6.07, 6.45) is 0. The summed E-state index contributed by atoms with van der Waals surface area (Å²) in [4.78, 5) is 0. The van der Waals surface area contributed by atoms with Gasteiger partial charge in [0.15, 0.2) is 0 Å². The predicted octanol–water partition coefficient (Wildman–Crippen LogP) is 6.58. The molecule has 0 atom stereocenters. The number of rotatable bonds is 4. The molecule has 148 valence electrons. The SMILES string of the molecule is CCOc1c[c-]ccc1.CCOc1c[c-]ccc1.[Ti+4].c1cc[cH-]c1.c1cc[cH-]c1. The average Bonchev–Trinajstić information content (AvgIpc) is 3.50. The first-order chi connectivity index (χ1) is 13.9. The largest absolute Gasteiger partial charge is 4.00 e. The maximum atomic E-state index is 5.17. The predicted molar refractivity (Wildman–Crippen MR) is 117 cm³/mol. The minimum absolute atomic E-state index is 0. The van der Waals surface area contributed by atoms with E-state index in [9.17, 15) is 0 Å². The van der Waals surface area contributed by atoms with E-state index in [2.05, 4.69) is 12.1 Å². The Labute approximate surface area is 190 Å². The molecule has 0 saturated heterocycles. The molecule has 0 aromatic heterocycles. The maximum Gasteiger partial charge on any atom is 4.00 e. The van der Waals surface area contributed by atoms with Crippen molar-refractivity contribution in [3.63, 3.8) is 0 Å². The number of benzene rings is 2. The molecule has 0 amide bonds. The van der Waals surface area contributed by atoms with Crippen LogP contribution in [-0.2, 0) is 21.7 Å². The first-order valence-electron chi connectivity index (χ1n) is 9.38. The van der Waals surface area contributed by atoms with E-state index < -0.39 is 0 Å². The van der Waals surface area contributed by atoms with Crippen LogP contribution in [0.2, 0.25) is 0 Å². The quantitative estimate of drug-likeness (QED) is 0.274. The van der Waals surface area contributed by atoms with Crippen LogP contribution in [0.5, 0.6) is 11.5 Å². The molecule has 0 spiro atoms. The van der Waals surface area contributed by atoms with E-state index in [1.54, 1.807) is 0 Å². The van der Waals surface area contributed by atoms with Gasteiger partial charge in [-0.25, -0.2) is 24.3 Å². The van der Waals surface area contributed by atoms with Crippen LogP contribution in [0, 0.1) is 12.1 Å². The summed E-state index contributed by atoms with van der Waals surface area (Å²) in [6.45, 7) is 5.37. The Bertz CT molecular complexity index is 634. The third kappa shape index (κ3) is 16.1. The Balaban J connectivity index is 0.000000369. The van der Waals surface area contributed by atoms with E-state index in [-0.39, 0.29) is 21.7 Å².